The van der Waals surface area contributed by atoms with E-state index in [2.05, 4.69) is 0 Å². The van der Waals surface area contributed by atoms with Gasteiger partial charge in [0.25, 0.3) is 10.1 Å². The van der Waals surface area contributed by atoms with Gasteiger partial charge in [0.05, 0.1) is 15.5 Å². The number of carbonyl (C=O) groups is 1. The van der Waals surface area contributed by atoms with E-state index in [-0.39, 0.29) is 34.4 Å². The molecule has 0 atom stereocenters. The van der Waals surface area contributed by atoms with Gasteiger partial charge < -0.3 is 4.74 Å². The first-order chi connectivity index (χ1) is 11.3. The number of aryl methyl sites for hydroxylation is 1. The van der Waals surface area contributed by atoms with Crippen molar-refractivity contribution < 1.29 is 26.5 Å². The molecule has 0 radical (unpaired) electrons. The fourth-order valence-corrected chi connectivity index (χ4v) is 2.95. The molecule has 0 aliphatic carbocycles. The van der Waals surface area contributed by atoms with E-state index in [1.165, 1.54) is 18.2 Å². The van der Waals surface area contributed by atoms with Crippen molar-refractivity contribution in [3.05, 3.63) is 58.4 Å². The molecule has 0 fully saturated rings. The Morgan fingerprint density at radius 1 is 1.12 bits per heavy atom. The van der Waals surface area contributed by atoms with Crippen LogP contribution in [0.3, 0.4) is 0 Å². The van der Waals surface area contributed by atoms with Crippen LogP contribution < -0.4 is 4.74 Å². The summed E-state index contributed by atoms with van der Waals surface area (Å²) in [6.07, 6.45) is 0.366. The van der Waals surface area contributed by atoms with Crippen LogP contribution in [0, 0.1) is 12.7 Å². The van der Waals surface area contributed by atoms with E-state index in [4.69, 9.17) is 20.5 Å². The Labute approximate surface area is 144 Å². The van der Waals surface area contributed by atoms with Crippen molar-refractivity contribution in [2.75, 3.05) is 13.2 Å². The minimum atomic E-state index is -3.90. The number of hydrogen-bond acceptors (Lipinski definition) is 5. The normalized spacial score (nSPS) is 11.3. The van der Waals surface area contributed by atoms with E-state index >= 15 is 0 Å². The van der Waals surface area contributed by atoms with Crippen LogP contribution in [-0.4, -0.2) is 27.9 Å². The molecule has 0 unspecified atom stereocenters. The maximum Gasteiger partial charge on any atom is 0.297 e. The second-order valence-corrected chi connectivity index (χ2v) is 6.82. The van der Waals surface area contributed by atoms with Crippen molar-refractivity contribution in [2.45, 2.75) is 11.8 Å². The average molecular weight is 373 g/mol. The van der Waals surface area contributed by atoms with E-state index < -0.39 is 15.9 Å². The largest absolute Gasteiger partial charge is 0.490 e. The maximum absolute atomic E-state index is 13.3. The molecule has 0 aromatic heterocycles. The van der Waals surface area contributed by atoms with Crippen LogP contribution in [0.5, 0.6) is 5.75 Å². The Kier molecular flexibility index (Phi) is 5.93. The summed E-state index contributed by atoms with van der Waals surface area (Å²) >= 11 is 5.66. The van der Waals surface area contributed by atoms with Gasteiger partial charge in [0, 0.05) is 0 Å². The molecule has 128 valence electrons. The van der Waals surface area contributed by atoms with Gasteiger partial charge >= 0.3 is 0 Å². The van der Waals surface area contributed by atoms with Gasteiger partial charge in [-0.1, -0.05) is 29.3 Å². The van der Waals surface area contributed by atoms with Crippen molar-refractivity contribution >= 4 is 28.0 Å². The fraction of sp³-hybridized carbons (Fsp3) is 0.188. The molecule has 2 rings (SSSR count). The van der Waals surface area contributed by atoms with E-state index in [0.717, 1.165) is 11.6 Å². The zero-order valence-electron chi connectivity index (χ0n) is 12.7. The highest BCUT2D eigenvalue weighted by molar-refractivity contribution is 7.86. The zero-order valence-corrected chi connectivity index (χ0v) is 14.2. The third-order valence-electron chi connectivity index (χ3n) is 3.10. The summed E-state index contributed by atoms with van der Waals surface area (Å²) < 4.78 is 47.3. The van der Waals surface area contributed by atoms with Gasteiger partial charge in [0.15, 0.2) is 6.29 Å². The number of hydrogen-bond donors (Lipinski definition) is 0. The summed E-state index contributed by atoms with van der Waals surface area (Å²) in [4.78, 5) is 11.0. The molecule has 2 aromatic carbocycles. The Hall–Kier alpha value is -1.96. The number of benzene rings is 2. The van der Waals surface area contributed by atoms with Crippen LogP contribution in [0.1, 0.15) is 15.9 Å². The minimum Gasteiger partial charge on any atom is -0.490 e. The number of carbonyl (C=O) groups excluding carboxylic acids is 1. The third kappa shape index (κ3) is 4.31. The molecule has 5 nitrogen and oxygen atoms in total. The standard InChI is InChI=1S/C16H14ClFO5S/c1-11-2-4-12(5-3-11)24(20,21)23-9-8-22-15-7-6-14(18)16(17)13(15)10-19/h2-7,10H,8-9H2,1H3. The quantitative estimate of drug-likeness (QED) is 0.423. The molecule has 0 heterocycles. The lowest BCUT2D eigenvalue weighted by atomic mass is 10.2. The molecule has 0 amide bonds. The van der Waals surface area contributed by atoms with Crippen LogP contribution in [0.25, 0.3) is 0 Å². The molecule has 2 aromatic rings. The molecule has 0 saturated heterocycles. The molecule has 0 N–H and O–H groups in total. The Balaban J connectivity index is 1.97. The number of ether oxygens (including phenoxy) is 1. The lowest BCUT2D eigenvalue weighted by Crippen LogP contribution is -2.13. The highest BCUT2D eigenvalue weighted by atomic mass is 35.5. The first kappa shape index (κ1) is 18.4. The smallest absolute Gasteiger partial charge is 0.297 e. The monoisotopic (exact) mass is 372 g/mol. The SMILES string of the molecule is Cc1ccc(S(=O)(=O)OCCOc2ccc(F)c(Cl)c2C=O)cc1. The zero-order chi connectivity index (χ0) is 17.7. The van der Waals surface area contributed by atoms with Gasteiger partial charge in [0.2, 0.25) is 0 Å². The molecular formula is C16H14ClFO5S. The molecular weight excluding hydrogens is 359 g/mol. The van der Waals surface area contributed by atoms with E-state index in [0.29, 0.717) is 6.29 Å². The average Bonchev–Trinajstić information content (AvgIpc) is 2.55. The second kappa shape index (κ2) is 7.74. The number of halogens is 2. The summed E-state index contributed by atoms with van der Waals surface area (Å²) in [5.41, 5.74) is 0.782. The van der Waals surface area contributed by atoms with Gasteiger partial charge in [-0.15, -0.1) is 0 Å². The lowest BCUT2D eigenvalue weighted by molar-refractivity contribution is 0.111. The van der Waals surface area contributed by atoms with Gasteiger partial charge in [-0.2, -0.15) is 8.42 Å². The third-order valence-corrected chi connectivity index (χ3v) is 4.81. The second-order valence-electron chi connectivity index (χ2n) is 4.83. The van der Waals surface area contributed by atoms with E-state index in [9.17, 15) is 17.6 Å². The first-order valence-electron chi connectivity index (χ1n) is 6.87. The predicted octanol–water partition coefficient (Wildman–Crippen LogP) is 3.38. The van der Waals surface area contributed by atoms with Crippen molar-refractivity contribution in [3.63, 3.8) is 0 Å². The first-order valence-corrected chi connectivity index (χ1v) is 8.66. The summed E-state index contributed by atoms with van der Waals surface area (Å²) in [5, 5.41) is -0.351. The van der Waals surface area contributed by atoms with Crippen molar-refractivity contribution in [2.24, 2.45) is 0 Å². The topological polar surface area (TPSA) is 69.7 Å². The summed E-state index contributed by atoms with van der Waals surface area (Å²) in [6, 6.07) is 8.48. The Bertz CT molecular complexity index is 834. The molecule has 8 heteroatoms. The van der Waals surface area contributed by atoms with Gasteiger partial charge in [-0.25, -0.2) is 4.39 Å². The van der Waals surface area contributed by atoms with Crippen LogP contribution in [0.15, 0.2) is 41.3 Å². The molecule has 0 spiro atoms. The highest BCUT2D eigenvalue weighted by Crippen LogP contribution is 2.27. The summed E-state index contributed by atoms with van der Waals surface area (Å²) in [6.45, 7) is 1.40. The summed E-state index contributed by atoms with van der Waals surface area (Å²) in [7, 11) is -3.90. The van der Waals surface area contributed by atoms with Gasteiger partial charge in [-0.3, -0.25) is 8.98 Å². The van der Waals surface area contributed by atoms with E-state index in [1.54, 1.807) is 12.1 Å². The molecule has 0 aliphatic heterocycles. The maximum atomic E-state index is 13.3. The van der Waals surface area contributed by atoms with Crippen LogP contribution >= 0.6 is 11.6 Å². The minimum absolute atomic E-state index is 0.0338. The van der Waals surface area contributed by atoms with Crippen LogP contribution in [0.2, 0.25) is 5.02 Å². The van der Waals surface area contributed by atoms with Gasteiger partial charge in [-0.05, 0) is 31.2 Å². The Morgan fingerprint density at radius 3 is 2.42 bits per heavy atom. The van der Waals surface area contributed by atoms with Crippen molar-refractivity contribution in [1.82, 2.24) is 0 Å². The van der Waals surface area contributed by atoms with Crippen molar-refractivity contribution in [1.29, 1.82) is 0 Å². The van der Waals surface area contributed by atoms with Gasteiger partial charge in [0.1, 0.15) is 24.8 Å². The number of aldehydes is 1. The van der Waals surface area contributed by atoms with Crippen LogP contribution in [0.4, 0.5) is 4.39 Å². The van der Waals surface area contributed by atoms with Crippen LogP contribution in [-0.2, 0) is 14.3 Å². The predicted molar refractivity (Wildman–Crippen MR) is 86.6 cm³/mol. The Morgan fingerprint density at radius 2 is 1.79 bits per heavy atom. The number of rotatable bonds is 7. The highest BCUT2D eigenvalue weighted by Gasteiger charge is 2.16. The molecule has 0 bridgehead atoms. The molecule has 24 heavy (non-hydrogen) atoms. The van der Waals surface area contributed by atoms with E-state index in [1.807, 2.05) is 6.92 Å². The fourth-order valence-electron chi connectivity index (χ4n) is 1.85. The molecule has 0 saturated carbocycles. The van der Waals surface area contributed by atoms with Crippen molar-refractivity contribution in [3.8, 4) is 5.75 Å². The lowest BCUT2D eigenvalue weighted by Gasteiger charge is -2.10. The molecule has 0 aliphatic rings. The summed E-state index contributed by atoms with van der Waals surface area (Å²) in [5.74, 6) is -0.697.